The zero-order valence-corrected chi connectivity index (χ0v) is 13.6. The van der Waals surface area contributed by atoms with Gasteiger partial charge >= 0.3 is 0 Å². The van der Waals surface area contributed by atoms with Gasteiger partial charge in [-0.25, -0.2) is 0 Å². The highest BCUT2D eigenvalue weighted by molar-refractivity contribution is 5.31. The van der Waals surface area contributed by atoms with Crippen LogP contribution in [0.1, 0.15) is 62.2 Å². The van der Waals surface area contributed by atoms with Crippen LogP contribution in [0.15, 0.2) is 48.5 Å². The van der Waals surface area contributed by atoms with E-state index < -0.39 is 0 Å². The van der Waals surface area contributed by atoms with Gasteiger partial charge in [-0.2, -0.15) is 0 Å². The van der Waals surface area contributed by atoms with Crippen molar-refractivity contribution in [3.05, 3.63) is 70.8 Å². The average Bonchev–Trinajstić information content (AvgIpc) is 2.54. The third-order valence-corrected chi connectivity index (χ3v) is 4.16. The Balaban J connectivity index is 2.17. The van der Waals surface area contributed by atoms with Crippen LogP contribution in [0, 0.1) is 0 Å². The van der Waals surface area contributed by atoms with Crippen molar-refractivity contribution in [2.45, 2.75) is 52.7 Å². The molecule has 0 radical (unpaired) electrons. The number of hydrogen-bond donors (Lipinski definition) is 0. The van der Waals surface area contributed by atoms with Crippen LogP contribution in [0.25, 0.3) is 0 Å². The summed E-state index contributed by atoms with van der Waals surface area (Å²) in [6.45, 7) is 8.70. The maximum atomic E-state index is 6.31. The summed E-state index contributed by atoms with van der Waals surface area (Å²) in [4.78, 5) is 0. The minimum atomic E-state index is 0.112. The van der Waals surface area contributed by atoms with E-state index in [4.69, 9.17) is 4.74 Å². The molecule has 112 valence electrons. The van der Waals surface area contributed by atoms with Gasteiger partial charge in [-0.1, -0.05) is 62.4 Å². The molecule has 0 saturated carbocycles. The molecule has 0 spiro atoms. The fraction of sp³-hybridized carbons (Fsp3) is 0.400. The summed E-state index contributed by atoms with van der Waals surface area (Å²) in [6, 6.07) is 17.2. The molecule has 1 heteroatoms. The molecule has 0 bridgehead atoms. The Labute approximate surface area is 129 Å². The molecule has 0 heterocycles. The summed E-state index contributed by atoms with van der Waals surface area (Å²) < 4.78 is 6.31. The highest BCUT2D eigenvalue weighted by atomic mass is 16.5. The summed E-state index contributed by atoms with van der Waals surface area (Å²) in [5, 5.41) is 0. The third-order valence-electron chi connectivity index (χ3n) is 4.16. The first-order valence-electron chi connectivity index (χ1n) is 7.98. The molecule has 0 aliphatic carbocycles. The van der Waals surface area contributed by atoms with Crippen LogP contribution in [0.3, 0.4) is 0 Å². The van der Waals surface area contributed by atoms with Crippen molar-refractivity contribution in [3.63, 3.8) is 0 Å². The van der Waals surface area contributed by atoms with Gasteiger partial charge in [0, 0.05) is 0 Å². The van der Waals surface area contributed by atoms with Crippen molar-refractivity contribution < 1.29 is 4.74 Å². The number of benzene rings is 2. The second-order valence-electron chi connectivity index (χ2n) is 5.53. The Morgan fingerprint density at radius 1 is 0.714 bits per heavy atom. The van der Waals surface area contributed by atoms with Gasteiger partial charge in [-0.15, -0.1) is 0 Å². The zero-order chi connectivity index (χ0) is 15.2. The summed E-state index contributed by atoms with van der Waals surface area (Å²) >= 11 is 0. The molecule has 2 unspecified atom stereocenters. The smallest absolute Gasteiger partial charge is 0.0807 e. The normalized spacial score (nSPS) is 13.9. The topological polar surface area (TPSA) is 9.23 Å². The van der Waals surface area contributed by atoms with E-state index in [1.807, 2.05) is 0 Å². The van der Waals surface area contributed by atoms with Gasteiger partial charge in [0.25, 0.3) is 0 Å². The molecule has 0 amide bonds. The molecular weight excluding hydrogens is 256 g/mol. The molecule has 2 aromatic rings. The molecule has 2 atom stereocenters. The molecule has 21 heavy (non-hydrogen) atoms. The van der Waals surface area contributed by atoms with Crippen LogP contribution < -0.4 is 0 Å². The Hall–Kier alpha value is -1.60. The number of rotatable bonds is 6. The van der Waals surface area contributed by atoms with Gasteiger partial charge in [0.15, 0.2) is 0 Å². The van der Waals surface area contributed by atoms with Crippen LogP contribution in [-0.2, 0) is 17.6 Å². The molecule has 2 aromatic carbocycles. The molecule has 0 N–H and O–H groups in total. The minimum absolute atomic E-state index is 0.112. The lowest BCUT2D eigenvalue weighted by molar-refractivity contribution is 0.00501. The number of aryl methyl sites for hydroxylation is 2. The van der Waals surface area contributed by atoms with E-state index in [-0.39, 0.29) is 12.2 Å². The summed E-state index contributed by atoms with van der Waals surface area (Å²) in [7, 11) is 0. The molecular formula is C20H26O. The summed E-state index contributed by atoms with van der Waals surface area (Å²) in [5.74, 6) is 0. The van der Waals surface area contributed by atoms with E-state index in [1.54, 1.807) is 0 Å². The van der Waals surface area contributed by atoms with E-state index in [9.17, 15) is 0 Å². The van der Waals surface area contributed by atoms with Gasteiger partial charge in [0.1, 0.15) is 0 Å². The number of ether oxygens (including phenoxy) is 1. The van der Waals surface area contributed by atoms with Crippen molar-refractivity contribution in [1.29, 1.82) is 0 Å². The Morgan fingerprint density at radius 3 is 1.48 bits per heavy atom. The predicted molar refractivity (Wildman–Crippen MR) is 89.6 cm³/mol. The van der Waals surface area contributed by atoms with E-state index in [2.05, 4.69) is 76.2 Å². The molecule has 0 aromatic heterocycles. The van der Waals surface area contributed by atoms with Crippen molar-refractivity contribution in [3.8, 4) is 0 Å². The minimum Gasteiger partial charge on any atom is -0.366 e. The fourth-order valence-electron chi connectivity index (χ4n) is 2.96. The molecule has 0 fully saturated rings. The SMILES string of the molecule is CCc1ccccc1C(C)OC(C)c1ccccc1CC. The first-order chi connectivity index (χ1) is 10.2. The van der Waals surface area contributed by atoms with Crippen LogP contribution >= 0.6 is 0 Å². The van der Waals surface area contributed by atoms with Crippen molar-refractivity contribution in [2.75, 3.05) is 0 Å². The van der Waals surface area contributed by atoms with Crippen LogP contribution in [-0.4, -0.2) is 0 Å². The lowest BCUT2D eigenvalue weighted by Crippen LogP contribution is -2.09. The standard InChI is InChI=1S/C20H26O/c1-5-17-11-7-9-13-19(17)15(3)21-16(4)20-14-10-8-12-18(20)6-2/h7-16H,5-6H2,1-4H3. The predicted octanol–water partition coefficient (Wildman–Crippen LogP) is 5.65. The average molecular weight is 282 g/mol. The molecule has 0 aliphatic heterocycles. The molecule has 0 aliphatic rings. The highest BCUT2D eigenvalue weighted by Gasteiger charge is 2.16. The quantitative estimate of drug-likeness (QED) is 0.665. The Kier molecular flexibility index (Phi) is 5.58. The van der Waals surface area contributed by atoms with Gasteiger partial charge in [0.2, 0.25) is 0 Å². The van der Waals surface area contributed by atoms with Crippen LogP contribution in [0.4, 0.5) is 0 Å². The lowest BCUT2D eigenvalue weighted by atomic mass is 9.99. The second-order valence-corrected chi connectivity index (χ2v) is 5.53. The first kappa shape index (κ1) is 15.8. The van der Waals surface area contributed by atoms with Crippen LogP contribution in [0.2, 0.25) is 0 Å². The summed E-state index contributed by atoms with van der Waals surface area (Å²) in [6.07, 6.45) is 2.32. The second kappa shape index (κ2) is 7.42. The Bertz CT molecular complexity index is 522. The fourth-order valence-corrected chi connectivity index (χ4v) is 2.96. The zero-order valence-electron chi connectivity index (χ0n) is 13.6. The molecule has 1 nitrogen and oxygen atoms in total. The van der Waals surface area contributed by atoms with E-state index >= 15 is 0 Å². The Morgan fingerprint density at radius 2 is 1.10 bits per heavy atom. The van der Waals surface area contributed by atoms with Gasteiger partial charge in [0.05, 0.1) is 12.2 Å². The first-order valence-corrected chi connectivity index (χ1v) is 7.98. The maximum absolute atomic E-state index is 6.31. The van der Waals surface area contributed by atoms with E-state index in [0.717, 1.165) is 12.8 Å². The van der Waals surface area contributed by atoms with Gasteiger partial charge in [-0.05, 0) is 48.9 Å². The summed E-state index contributed by atoms with van der Waals surface area (Å²) in [5.41, 5.74) is 5.36. The van der Waals surface area contributed by atoms with Gasteiger partial charge in [-0.3, -0.25) is 0 Å². The van der Waals surface area contributed by atoms with Crippen LogP contribution in [0.5, 0.6) is 0 Å². The van der Waals surface area contributed by atoms with Crippen molar-refractivity contribution >= 4 is 0 Å². The monoisotopic (exact) mass is 282 g/mol. The highest BCUT2D eigenvalue weighted by Crippen LogP contribution is 2.30. The van der Waals surface area contributed by atoms with E-state index in [1.165, 1.54) is 22.3 Å². The lowest BCUT2D eigenvalue weighted by Gasteiger charge is -2.23. The van der Waals surface area contributed by atoms with Crippen molar-refractivity contribution in [2.24, 2.45) is 0 Å². The maximum Gasteiger partial charge on any atom is 0.0807 e. The molecule has 0 saturated heterocycles. The van der Waals surface area contributed by atoms with E-state index in [0.29, 0.717) is 0 Å². The molecule has 2 rings (SSSR count). The third kappa shape index (κ3) is 3.74. The largest absolute Gasteiger partial charge is 0.366 e. The van der Waals surface area contributed by atoms with Crippen molar-refractivity contribution in [1.82, 2.24) is 0 Å². The number of hydrogen-bond acceptors (Lipinski definition) is 1. The van der Waals surface area contributed by atoms with Gasteiger partial charge < -0.3 is 4.74 Å².